The first-order valence-corrected chi connectivity index (χ1v) is 8.21. The van der Waals surface area contributed by atoms with Crippen LogP contribution < -0.4 is 5.32 Å². The zero-order valence-corrected chi connectivity index (χ0v) is 12.9. The highest BCUT2D eigenvalue weighted by Crippen LogP contribution is 2.20. The summed E-state index contributed by atoms with van der Waals surface area (Å²) >= 11 is 0. The number of aryl methyl sites for hydroxylation is 1. The lowest BCUT2D eigenvalue weighted by molar-refractivity contribution is 0.515. The first-order valence-electron chi connectivity index (χ1n) is 8.21. The van der Waals surface area contributed by atoms with E-state index in [1.807, 2.05) is 6.20 Å². The standard InChI is InChI=1S/C18H25N3/c1-2-5-14-8-10-15(11-9-14)17-12-20-18(21-17)13-19-16-6-3-4-7-16/h8-12,16,19H,2-7,13H2,1H3,(H,20,21). The molecular weight excluding hydrogens is 258 g/mol. The molecule has 0 spiro atoms. The van der Waals surface area contributed by atoms with E-state index in [0.29, 0.717) is 6.04 Å². The molecule has 1 aromatic carbocycles. The molecule has 0 bridgehead atoms. The minimum atomic E-state index is 0.687. The molecule has 3 rings (SSSR count). The van der Waals surface area contributed by atoms with Gasteiger partial charge in [0.2, 0.25) is 0 Å². The summed E-state index contributed by atoms with van der Waals surface area (Å²) < 4.78 is 0. The van der Waals surface area contributed by atoms with E-state index < -0.39 is 0 Å². The third-order valence-electron chi connectivity index (χ3n) is 4.35. The first kappa shape index (κ1) is 14.3. The zero-order valence-electron chi connectivity index (χ0n) is 12.9. The van der Waals surface area contributed by atoms with Crippen LogP contribution in [0.2, 0.25) is 0 Å². The van der Waals surface area contributed by atoms with Crippen LogP contribution in [0.5, 0.6) is 0 Å². The lowest BCUT2D eigenvalue weighted by Crippen LogP contribution is -2.25. The van der Waals surface area contributed by atoms with Gasteiger partial charge in [0, 0.05) is 6.04 Å². The molecule has 0 aliphatic heterocycles. The second-order valence-electron chi connectivity index (χ2n) is 6.05. The number of aromatic amines is 1. The van der Waals surface area contributed by atoms with Gasteiger partial charge in [-0.05, 0) is 30.4 Å². The van der Waals surface area contributed by atoms with Gasteiger partial charge in [-0.1, -0.05) is 50.5 Å². The van der Waals surface area contributed by atoms with Crippen LogP contribution in [-0.4, -0.2) is 16.0 Å². The third kappa shape index (κ3) is 3.73. The van der Waals surface area contributed by atoms with E-state index in [2.05, 4.69) is 46.5 Å². The van der Waals surface area contributed by atoms with Gasteiger partial charge in [0.15, 0.2) is 0 Å². The molecule has 0 unspecified atom stereocenters. The van der Waals surface area contributed by atoms with Crippen molar-refractivity contribution in [1.82, 2.24) is 15.3 Å². The fourth-order valence-electron chi connectivity index (χ4n) is 3.11. The van der Waals surface area contributed by atoms with Crippen molar-refractivity contribution in [2.24, 2.45) is 0 Å². The summed E-state index contributed by atoms with van der Waals surface area (Å²) in [5.74, 6) is 1.04. The van der Waals surface area contributed by atoms with Crippen LogP contribution in [-0.2, 0) is 13.0 Å². The van der Waals surface area contributed by atoms with Crippen LogP contribution >= 0.6 is 0 Å². The van der Waals surface area contributed by atoms with Gasteiger partial charge >= 0.3 is 0 Å². The Morgan fingerprint density at radius 3 is 2.67 bits per heavy atom. The Kier molecular flexibility index (Phi) is 4.71. The molecule has 2 N–H and O–H groups in total. The third-order valence-corrected chi connectivity index (χ3v) is 4.35. The highest BCUT2D eigenvalue weighted by Gasteiger charge is 2.14. The number of H-pyrrole nitrogens is 1. The van der Waals surface area contributed by atoms with Gasteiger partial charge in [0.25, 0.3) is 0 Å². The number of rotatable bonds is 6. The summed E-state index contributed by atoms with van der Waals surface area (Å²) in [6, 6.07) is 9.50. The minimum absolute atomic E-state index is 0.687. The number of imidazole rings is 1. The number of nitrogens with one attached hydrogen (secondary N) is 2. The SMILES string of the molecule is CCCc1ccc(-c2cnc(CNC3CCCC3)[nH]2)cc1. The minimum Gasteiger partial charge on any atom is -0.341 e. The Bertz CT molecular complexity index is 550. The predicted molar refractivity (Wildman–Crippen MR) is 87.1 cm³/mol. The van der Waals surface area contributed by atoms with Crippen LogP contribution in [0.1, 0.15) is 50.4 Å². The smallest absolute Gasteiger partial charge is 0.120 e. The van der Waals surface area contributed by atoms with Crippen molar-refractivity contribution >= 4 is 0 Å². The zero-order chi connectivity index (χ0) is 14.5. The van der Waals surface area contributed by atoms with Gasteiger partial charge in [-0.3, -0.25) is 0 Å². The van der Waals surface area contributed by atoms with E-state index in [4.69, 9.17) is 0 Å². The maximum atomic E-state index is 4.49. The average Bonchev–Trinajstić information content (AvgIpc) is 3.18. The van der Waals surface area contributed by atoms with Crippen molar-refractivity contribution in [3.05, 3.63) is 41.9 Å². The van der Waals surface area contributed by atoms with Crippen LogP contribution in [0.4, 0.5) is 0 Å². The maximum Gasteiger partial charge on any atom is 0.120 e. The Hall–Kier alpha value is -1.61. The Morgan fingerprint density at radius 1 is 1.19 bits per heavy atom. The molecule has 3 heteroatoms. The Morgan fingerprint density at radius 2 is 1.95 bits per heavy atom. The summed E-state index contributed by atoms with van der Waals surface area (Å²) in [5.41, 5.74) is 3.74. The lowest BCUT2D eigenvalue weighted by Gasteiger charge is -2.09. The first-order chi connectivity index (χ1) is 10.3. The topological polar surface area (TPSA) is 40.7 Å². The normalized spacial score (nSPS) is 15.7. The summed E-state index contributed by atoms with van der Waals surface area (Å²) in [6.45, 7) is 3.06. The summed E-state index contributed by atoms with van der Waals surface area (Å²) in [4.78, 5) is 7.93. The van der Waals surface area contributed by atoms with Crippen molar-refractivity contribution in [3.63, 3.8) is 0 Å². The maximum absolute atomic E-state index is 4.49. The van der Waals surface area contributed by atoms with Gasteiger partial charge in [-0.15, -0.1) is 0 Å². The van der Waals surface area contributed by atoms with E-state index in [9.17, 15) is 0 Å². The number of nitrogens with zero attached hydrogens (tertiary/aromatic N) is 1. The van der Waals surface area contributed by atoms with Crippen LogP contribution in [0, 0.1) is 0 Å². The van der Waals surface area contributed by atoms with E-state index in [1.165, 1.54) is 43.2 Å². The van der Waals surface area contributed by atoms with E-state index in [-0.39, 0.29) is 0 Å². The molecule has 1 aliphatic carbocycles. The van der Waals surface area contributed by atoms with Crippen molar-refractivity contribution in [3.8, 4) is 11.3 Å². The summed E-state index contributed by atoms with van der Waals surface area (Å²) in [5, 5.41) is 3.59. The second kappa shape index (κ2) is 6.90. The Balaban J connectivity index is 1.60. The number of aromatic nitrogens is 2. The monoisotopic (exact) mass is 283 g/mol. The highest BCUT2D eigenvalue weighted by molar-refractivity contribution is 5.58. The van der Waals surface area contributed by atoms with Crippen molar-refractivity contribution in [2.75, 3.05) is 0 Å². The molecule has 0 amide bonds. The van der Waals surface area contributed by atoms with Crippen molar-refractivity contribution in [1.29, 1.82) is 0 Å². The van der Waals surface area contributed by atoms with Crippen LogP contribution in [0.15, 0.2) is 30.5 Å². The molecule has 0 saturated heterocycles. The van der Waals surface area contributed by atoms with Gasteiger partial charge < -0.3 is 10.3 Å². The molecule has 2 aromatic rings. The second-order valence-corrected chi connectivity index (χ2v) is 6.05. The fraction of sp³-hybridized carbons (Fsp3) is 0.500. The molecule has 0 atom stereocenters. The molecule has 21 heavy (non-hydrogen) atoms. The predicted octanol–water partition coefficient (Wildman–Crippen LogP) is 4.06. The van der Waals surface area contributed by atoms with Crippen LogP contribution in [0.25, 0.3) is 11.3 Å². The molecule has 1 heterocycles. The lowest BCUT2D eigenvalue weighted by atomic mass is 10.1. The molecule has 0 radical (unpaired) electrons. The summed E-state index contributed by atoms with van der Waals surface area (Å²) in [7, 11) is 0. The molecular formula is C18H25N3. The van der Waals surface area contributed by atoms with Crippen LogP contribution in [0.3, 0.4) is 0 Å². The molecule has 1 aromatic heterocycles. The Labute approximate surface area is 127 Å². The quantitative estimate of drug-likeness (QED) is 0.839. The fourth-order valence-corrected chi connectivity index (χ4v) is 3.11. The molecule has 112 valence electrons. The van der Waals surface area contributed by atoms with E-state index in [1.54, 1.807) is 0 Å². The van der Waals surface area contributed by atoms with E-state index in [0.717, 1.165) is 24.5 Å². The number of hydrogen-bond acceptors (Lipinski definition) is 2. The van der Waals surface area contributed by atoms with Gasteiger partial charge in [-0.2, -0.15) is 0 Å². The number of hydrogen-bond donors (Lipinski definition) is 2. The van der Waals surface area contributed by atoms with E-state index >= 15 is 0 Å². The van der Waals surface area contributed by atoms with Gasteiger partial charge in [0.05, 0.1) is 18.4 Å². The number of benzene rings is 1. The molecule has 1 saturated carbocycles. The molecule has 1 fully saturated rings. The molecule has 1 aliphatic rings. The highest BCUT2D eigenvalue weighted by atomic mass is 15.0. The van der Waals surface area contributed by atoms with Gasteiger partial charge in [0.1, 0.15) is 5.82 Å². The van der Waals surface area contributed by atoms with Crippen molar-refractivity contribution < 1.29 is 0 Å². The van der Waals surface area contributed by atoms with Gasteiger partial charge in [-0.25, -0.2) is 4.98 Å². The summed E-state index contributed by atoms with van der Waals surface area (Å²) in [6.07, 6.45) is 9.65. The van der Waals surface area contributed by atoms with Crippen molar-refractivity contribution in [2.45, 2.75) is 58.0 Å². The average molecular weight is 283 g/mol. The largest absolute Gasteiger partial charge is 0.341 e. The molecule has 3 nitrogen and oxygen atoms in total.